The molecule has 1 saturated carbocycles. The molecule has 1 N–H and O–H groups in total. The predicted octanol–water partition coefficient (Wildman–Crippen LogP) is 3.74. The van der Waals surface area contributed by atoms with E-state index in [1.807, 2.05) is 4.90 Å². The molecule has 4 heteroatoms. The number of carbonyl (C=O) groups is 1. The number of carbonyl (C=O) groups excluding carboxylic acids is 1. The number of nitrogens with zero attached hydrogens (tertiary/aromatic N) is 1. The average molecular weight is 344 g/mol. The summed E-state index contributed by atoms with van der Waals surface area (Å²) in [4.78, 5) is 13.6. The molecule has 0 aromatic heterocycles. The minimum Gasteiger partial charge on any atom is -0.490 e. The first kappa shape index (κ1) is 18.2. The first-order valence-electron chi connectivity index (χ1n) is 9.90. The Morgan fingerprint density at radius 3 is 2.80 bits per heavy atom. The number of piperidine rings is 1. The highest BCUT2D eigenvalue weighted by Crippen LogP contribution is 2.25. The third kappa shape index (κ3) is 4.97. The number of nitrogens with one attached hydrogen (secondary N) is 1. The minimum absolute atomic E-state index is 0.202. The number of rotatable bonds is 6. The summed E-state index contributed by atoms with van der Waals surface area (Å²) in [6.45, 7) is 6.52. The van der Waals surface area contributed by atoms with Crippen LogP contribution in [0.5, 0.6) is 5.75 Å². The highest BCUT2D eigenvalue weighted by Gasteiger charge is 2.28. The number of hydrogen-bond acceptors (Lipinski definition) is 3. The van der Waals surface area contributed by atoms with Crippen molar-refractivity contribution in [1.29, 1.82) is 0 Å². The third-order valence-electron chi connectivity index (χ3n) is 5.78. The molecule has 1 aliphatic heterocycles. The van der Waals surface area contributed by atoms with Crippen molar-refractivity contribution >= 4 is 5.91 Å². The second kappa shape index (κ2) is 8.70. The smallest absolute Gasteiger partial charge is 0.219 e. The van der Waals surface area contributed by atoms with Crippen molar-refractivity contribution < 1.29 is 9.53 Å². The normalized spacial score (nSPS) is 24.5. The molecule has 4 nitrogen and oxygen atoms in total. The topological polar surface area (TPSA) is 41.6 Å². The first-order valence-corrected chi connectivity index (χ1v) is 9.90. The monoisotopic (exact) mass is 344 g/mol. The van der Waals surface area contributed by atoms with E-state index >= 15 is 0 Å². The number of amides is 1. The molecule has 0 radical (unpaired) electrons. The van der Waals surface area contributed by atoms with E-state index in [1.54, 1.807) is 6.92 Å². The quantitative estimate of drug-likeness (QED) is 0.855. The van der Waals surface area contributed by atoms with Gasteiger partial charge < -0.3 is 15.0 Å². The number of ether oxygens (including phenoxy) is 1. The maximum atomic E-state index is 11.6. The van der Waals surface area contributed by atoms with Gasteiger partial charge in [-0.05, 0) is 55.7 Å². The zero-order chi connectivity index (χ0) is 17.6. The van der Waals surface area contributed by atoms with Crippen LogP contribution in [0.15, 0.2) is 24.3 Å². The summed E-state index contributed by atoms with van der Waals surface area (Å²) in [6, 6.07) is 9.00. The van der Waals surface area contributed by atoms with E-state index in [9.17, 15) is 4.79 Å². The molecule has 25 heavy (non-hydrogen) atoms. The van der Waals surface area contributed by atoms with Gasteiger partial charge in [-0.1, -0.05) is 25.5 Å². The van der Waals surface area contributed by atoms with Crippen LogP contribution in [-0.2, 0) is 11.3 Å². The predicted molar refractivity (Wildman–Crippen MR) is 101 cm³/mol. The molecule has 1 aliphatic carbocycles. The van der Waals surface area contributed by atoms with Crippen molar-refractivity contribution in [2.75, 3.05) is 13.1 Å². The van der Waals surface area contributed by atoms with Crippen molar-refractivity contribution in [2.24, 2.45) is 5.92 Å². The van der Waals surface area contributed by atoms with E-state index < -0.39 is 0 Å². The lowest BCUT2D eigenvalue weighted by Gasteiger charge is -2.38. The van der Waals surface area contributed by atoms with Gasteiger partial charge in [0.15, 0.2) is 0 Å². The molecule has 138 valence electrons. The van der Waals surface area contributed by atoms with Gasteiger partial charge in [-0.2, -0.15) is 0 Å². The molecule has 1 saturated heterocycles. The van der Waals surface area contributed by atoms with Gasteiger partial charge in [0.05, 0.1) is 6.10 Å². The van der Waals surface area contributed by atoms with Crippen LogP contribution < -0.4 is 10.1 Å². The van der Waals surface area contributed by atoms with Crippen LogP contribution in [0.2, 0.25) is 0 Å². The summed E-state index contributed by atoms with van der Waals surface area (Å²) in [7, 11) is 0. The molecule has 1 amide bonds. The van der Waals surface area contributed by atoms with E-state index in [-0.39, 0.29) is 5.91 Å². The van der Waals surface area contributed by atoms with E-state index in [0.717, 1.165) is 38.2 Å². The Labute approximate surface area is 151 Å². The fourth-order valence-electron chi connectivity index (χ4n) is 4.18. The standard InChI is InChI=1S/C21H32N2O2/c1-3-18-15-23(16(2)24)12-11-21(18)22-14-17-7-6-10-20(13-17)25-19-8-4-5-9-19/h6-7,10,13,18-19,21-22H,3-5,8-9,11-12,14-15H2,1-2H3. The summed E-state index contributed by atoms with van der Waals surface area (Å²) in [5.74, 6) is 1.74. The Balaban J connectivity index is 1.53. The van der Waals surface area contributed by atoms with Crippen LogP contribution in [0.3, 0.4) is 0 Å². The summed E-state index contributed by atoms with van der Waals surface area (Å²) in [5, 5.41) is 3.73. The van der Waals surface area contributed by atoms with Gasteiger partial charge in [-0.3, -0.25) is 4.79 Å². The Bertz CT molecular complexity index is 569. The Morgan fingerprint density at radius 2 is 2.08 bits per heavy atom. The lowest BCUT2D eigenvalue weighted by atomic mass is 9.89. The highest BCUT2D eigenvalue weighted by atomic mass is 16.5. The van der Waals surface area contributed by atoms with Crippen molar-refractivity contribution in [3.05, 3.63) is 29.8 Å². The maximum Gasteiger partial charge on any atom is 0.219 e. The van der Waals surface area contributed by atoms with Crippen molar-refractivity contribution in [2.45, 2.75) is 71.1 Å². The summed E-state index contributed by atoms with van der Waals surface area (Å²) in [5.41, 5.74) is 1.28. The molecule has 2 aliphatic rings. The second-order valence-corrected chi connectivity index (χ2v) is 7.58. The average Bonchev–Trinajstić information content (AvgIpc) is 3.13. The number of hydrogen-bond donors (Lipinski definition) is 1. The Kier molecular flexibility index (Phi) is 6.35. The zero-order valence-electron chi connectivity index (χ0n) is 15.7. The van der Waals surface area contributed by atoms with Gasteiger partial charge in [0.2, 0.25) is 5.91 Å². The van der Waals surface area contributed by atoms with Gasteiger partial charge in [0.25, 0.3) is 0 Å². The summed E-state index contributed by atoms with van der Waals surface area (Å²) < 4.78 is 6.12. The van der Waals surface area contributed by atoms with Gasteiger partial charge in [0.1, 0.15) is 5.75 Å². The lowest BCUT2D eigenvalue weighted by Crippen LogP contribution is -2.50. The van der Waals surface area contributed by atoms with E-state index in [2.05, 4.69) is 36.5 Å². The fourth-order valence-corrected chi connectivity index (χ4v) is 4.18. The summed E-state index contributed by atoms with van der Waals surface area (Å²) in [6.07, 6.45) is 7.52. The third-order valence-corrected chi connectivity index (χ3v) is 5.78. The van der Waals surface area contributed by atoms with Gasteiger partial charge >= 0.3 is 0 Å². The van der Waals surface area contributed by atoms with Crippen LogP contribution in [0.4, 0.5) is 0 Å². The van der Waals surface area contributed by atoms with Crippen LogP contribution in [0, 0.1) is 5.92 Å². The molecule has 2 atom stereocenters. The second-order valence-electron chi connectivity index (χ2n) is 7.58. The largest absolute Gasteiger partial charge is 0.490 e. The number of likely N-dealkylation sites (tertiary alicyclic amines) is 1. The molecule has 1 aromatic rings. The SMILES string of the molecule is CCC1CN(C(C)=O)CCC1NCc1cccc(OC2CCCC2)c1. The molecule has 1 aromatic carbocycles. The molecule has 3 rings (SSSR count). The van der Waals surface area contributed by atoms with Gasteiger partial charge in [-0.25, -0.2) is 0 Å². The van der Waals surface area contributed by atoms with Crippen LogP contribution in [-0.4, -0.2) is 36.0 Å². The van der Waals surface area contributed by atoms with E-state index in [1.165, 1.54) is 31.2 Å². The molecule has 0 bridgehead atoms. The molecular weight excluding hydrogens is 312 g/mol. The Hall–Kier alpha value is -1.55. The maximum absolute atomic E-state index is 11.6. The van der Waals surface area contributed by atoms with E-state index in [4.69, 9.17) is 4.74 Å². The van der Waals surface area contributed by atoms with Gasteiger partial charge in [-0.15, -0.1) is 0 Å². The zero-order valence-corrected chi connectivity index (χ0v) is 15.7. The van der Waals surface area contributed by atoms with Crippen LogP contribution in [0.1, 0.15) is 57.9 Å². The van der Waals surface area contributed by atoms with Crippen molar-refractivity contribution in [1.82, 2.24) is 10.2 Å². The van der Waals surface area contributed by atoms with E-state index in [0.29, 0.717) is 18.1 Å². The molecular formula is C21H32N2O2. The fraction of sp³-hybridized carbons (Fsp3) is 0.667. The lowest BCUT2D eigenvalue weighted by molar-refractivity contribution is -0.131. The van der Waals surface area contributed by atoms with Gasteiger partial charge in [0, 0.05) is 32.6 Å². The molecule has 0 spiro atoms. The molecule has 2 fully saturated rings. The highest BCUT2D eigenvalue weighted by molar-refractivity contribution is 5.73. The molecule has 2 unspecified atom stereocenters. The van der Waals surface area contributed by atoms with Crippen molar-refractivity contribution in [3.8, 4) is 5.75 Å². The van der Waals surface area contributed by atoms with Crippen molar-refractivity contribution in [3.63, 3.8) is 0 Å². The van der Waals surface area contributed by atoms with Crippen LogP contribution in [0.25, 0.3) is 0 Å². The number of benzene rings is 1. The van der Waals surface area contributed by atoms with Crippen LogP contribution >= 0.6 is 0 Å². The minimum atomic E-state index is 0.202. The summed E-state index contributed by atoms with van der Waals surface area (Å²) >= 11 is 0. The molecule has 1 heterocycles. The Morgan fingerprint density at radius 1 is 1.28 bits per heavy atom. The first-order chi connectivity index (χ1) is 12.2.